The summed E-state index contributed by atoms with van der Waals surface area (Å²) in [4.78, 5) is 25.4. The van der Waals surface area contributed by atoms with Crippen molar-refractivity contribution in [2.24, 2.45) is 0 Å². The number of rotatable bonds is 4. The molecule has 118 valence electrons. The largest absolute Gasteiger partial charge is 0.457 e. The van der Waals surface area contributed by atoms with E-state index >= 15 is 0 Å². The molecule has 1 aromatic heterocycles. The molecule has 3 rings (SSSR count). The molecule has 0 unspecified atom stereocenters. The van der Waals surface area contributed by atoms with Gasteiger partial charge in [-0.25, -0.2) is 0 Å². The quantitative estimate of drug-likeness (QED) is 0.622. The van der Waals surface area contributed by atoms with Crippen molar-refractivity contribution < 1.29 is 14.0 Å². The van der Waals surface area contributed by atoms with Gasteiger partial charge in [0.1, 0.15) is 11.5 Å². The Morgan fingerprint density at radius 2 is 2.04 bits per heavy atom. The second-order valence-electron chi connectivity index (χ2n) is 4.94. The fourth-order valence-electron chi connectivity index (χ4n) is 2.29. The Morgan fingerprint density at radius 1 is 1.25 bits per heavy atom. The number of thioether (sulfide) groups is 1. The Balaban J connectivity index is 1.90. The van der Waals surface area contributed by atoms with Gasteiger partial charge in [0, 0.05) is 18.2 Å². The van der Waals surface area contributed by atoms with Crippen LogP contribution in [-0.4, -0.2) is 22.6 Å². The van der Waals surface area contributed by atoms with Gasteiger partial charge in [0.05, 0.1) is 16.5 Å². The van der Waals surface area contributed by atoms with Gasteiger partial charge in [-0.1, -0.05) is 18.2 Å². The van der Waals surface area contributed by atoms with E-state index in [0.717, 1.165) is 16.7 Å². The SMILES string of the molecule is C=CCN1C(=O)S/C(=C/c2ccc(-c3ccccc3C#N)o2)C1=O. The summed E-state index contributed by atoms with van der Waals surface area (Å²) in [6, 6.07) is 12.6. The highest BCUT2D eigenvalue weighted by molar-refractivity contribution is 8.18. The molecule has 2 aromatic rings. The molecule has 0 saturated carbocycles. The molecule has 0 bridgehead atoms. The minimum Gasteiger partial charge on any atom is -0.457 e. The summed E-state index contributed by atoms with van der Waals surface area (Å²) in [7, 11) is 0. The first-order valence-electron chi connectivity index (χ1n) is 7.09. The Labute approximate surface area is 142 Å². The minimum atomic E-state index is -0.361. The lowest BCUT2D eigenvalue weighted by Crippen LogP contribution is -2.27. The van der Waals surface area contributed by atoms with Crippen LogP contribution in [0.15, 0.2) is 58.4 Å². The molecule has 6 heteroatoms. The van der Waals surface area contributed by atoms with Gasteiger partial charge in [-0.05, 0) is 36.0 Å². The summed E-state index contributed by atoms with van der Waals surface area (Å²) >= 11 is 0.868. The zero-order chi connectivity index (χ0) is 17.1. The standard InChI is InChI=1S/C18H12N2O3S/c1-2-9-20-17(21)16(24-18(20)22)10-13-7-8-15(23-13)14-6-4-3-5-12(14)11-19/h2-8,10H,1,9H2/b16-10+. The van der Waals surface area contributed by atoms with E-state index in [4.69, 9.17) is 9.68 Å². The number of nitriles is 1. The van der Waals surface area contributed by atoms with Crippen LogP contribution in [-0.2, 0) is 4.79 Å². The number of furan rings is 1. The van der Waals surface area contributed by atoms with E-state index < -0.39 is 0 Å². The fraction of sp³-hybridized carbons (Fsp3) is 0.0556. The first-order chi connectivity index (χ1) is 11.6. The van der Waals surface area contributed by atoms with Gasteiger partial charge >= 0.3 is 0 Å². The van der Waals surface area contributed by atoms with E-state index in [1.165, 1.54) is 12.2 Å². The summed E-state index contributed by atoms with van der Waals surface area (Å²) in [6.45, 7) is 3.72. The van der Waals surface area contributed by atoms with E-state index in [1.54, 1.807) is 30.3 Å². The topological polar surface area (TPSA) is 74.3 Å². The first kappa shape index (κ1) is 15.8. The zero-order valence-corrected chi connectivity index (χ0v) is 13.4. The summed E-state index contributed by atoms with van der Waals surface area (Å²) < 4.78 is 5.71. The second kappa shape index (κ2) is 6.60. The number of amides is 2. The van der Waals surface area contributed by atoms with Crippen LogP contribution in [0.3, 0.4) is 0 Å². The van der Waals surface area contributed by atoms with E-state index in [2.05, 4.69) is 12.6 Å². The molecule has 5 nitrogen and oxygen atoms in total. The van der Waals surface area contributed by atoms with Crippen LogP contribution >= 0.6 is 11.8 Å². The third kappa shape index (κ3) is 2.90. The number of hydrogen-bond donors (Lipinski definition) is 0. The molecule has 0 atom stereocenters. The van der Waals surface area contributed by atoms with Crippen molar-refractivity contribution in [3.05, 3.63) is 65.3 Å². The summed E-state index contributed by atoms with van der Waals surface area (Å²) in [5.41, 5.74) is 1.18. The maximum absolute atomic E-state index is 12.2. The first-order valence-corrected chi connectivity index (χ1v) is 7.91. The number of imide groups is 1. The molecule has 2 heterocycles. The van der Waals surface area contributed by atoms with Crippen molar-refractivity contribution in [1.29, 1.82) is 5.26 Å². The molecule has 24 heavy (non-hydrogen) atoms. The highest BCUT2D eigenvalue weighted by atomic mass is 32.2. The molecule has 1 aliphatic rings. The predicted octanol–water partition coefficient (Wildman–Crippen LogP) is 4.04. The van der Waals surface area contributed by atoms with Crippen LogP contribution in [0.4, 0.5) is 4.79 Å². The van der Waals surface area contributed by atoms with E-state index in [-0.39, 0.29) is 17.7 Å². The molecular weight excluding hydrogens is 324 g/mol. The van der Waals surface area contributed by atoms with Gasteiger partial charge in [0.25, 0.3) is 11.1 Å². The molecule has 1 fully saturated rings. The number of hydrogen-bond acceptors (Lipinski definition) is 5. The van der Waals surface area contributed by atoms with Gasteiger partial charge in [-0.2, -0.15) is 5.26 Å². The van der Waals surface area contributed by atoms with Crippen molar-refractivity contribution in [2.45, 2.75) is 0 Å². The minimum absolute atomic E-state index is 0.182. The summed E-state index contributed by atoms with van der Waals surface area (Å²) in [6.07, 6.45) is 3.04. The molecule has 2 amide bonds. The van der Waals surface area contributed by atoms with E-state index in [1.807, 2.05) is 6.07 Å². The number of carbonyl (C=O) groups is 2. The summed E-state index contributed by atoms with van der Waals surface area (Å²) in [5, 5.41) is 8.83. The van der Waals surface area contributed by atoms with Crippen LogP contribution in [0.1, 0.15) is 11.3 Å². The molecule has 0 N–H and O–H groups in total. The summed E-state index contributed by atoms with van der Waals surface area (Å²) in [5.74, 6) is 0.617. The lowest BCUT2D eigenvalue weighted by Gasteiger charge is -2.07. The van der Waals surface area contributed by atoms with Gasteiger partial charge in [-0.3, -0.25) is 14.5 Å². The number of carbonyl (C=O) groups excluding carboxylic acids is 2. The molecule has 1 saturated heterocycles. The third-order valence-corrected chi connectivity index (χ3v) is 4.31. The van der Waals surface area contributed by atoms with Crippen LogP contribution in [0, 0.1) is 11.3 Å². The molecule has 0 spiro atoms. The lowest BCUT2D eigenvalue weighted by molar-refractivity contribution is -0.122. The highest BCUT2D eigenvalue weighted by Crippen LogP contribution is 2.33. The predicted molar refractivity (Wildman–Crippen MR) is 91.7 cm³/mol. The van der Waals surface area contributed by atoms with E-state index in [9.17, 15) is 9.59 Å². The van der Waals surface area contributed by atoms with Crippen LogP contribution < -0.4 is 0 Å². The van der Waals surface area contributed by atoms with Gasteiger partial charge in [0.15, 0.2) is 0 Å². The number of nitrogens with zero attached hydrogens (tertiary/aromatic N) is 2. The van der Waals surface area contributed by atoms with Gasteiger partial charge in [-0.15, -0.1) is 6.58 Å². The Bertz CT molecular complexity index is 905. The normalized spacial score (nSPS) is 15.8. The van der Waals surface area contributed by atoms with Crippen LogP contribution in [0.25, 0.3) is 17.4 Å². The van der Waals surface area contributed by atoms with Crippen molar-refractivity contribution in [3.63, 3.8) is 0 Å². The maximum atomic E-state index is 12.2. The van der Waals surface area contributed by atoms with Crippen LogP contribution in [0.5, 0.6) is 0 Å². The average Bonchev–Trinajstić information content (AvgIpc) is 3.15. The Kier molecular flexibility index (Phi) is 4.36. The highest BCUT2D eigenvalue weighted by Gasteiger charge is 2.34. The van der Waals surface area contributed by atoms with Crippen LogP contribution in [0.2, 0.25) is 0 Å². The number of benzene rings is 1. The van der Waals surface area contributed by atoms with E-state index in [0.29, 0.717) is 27.6 Å². The molecular formula is C18H12N2O3S. The van der Waals surface area contributed by atoms with Gasteiger partial charge in [0.2, 0.25) is 0 Å². The third-order valence-electron chi connectivity index (χ3n) is 3.40. The monoisotopic (exact) mass is 336 g/mol. The molecule has 1 aliphatic heterocycles. The molecule has 1 aromatic carbocycles. The van der Waals surface area contributed by atoms with Crippen molar-refractivity contribution in [1.82, 2.24) is 4.90 Å². The molecule has 0 aliphatic carbocycles. The fourth-order valence-corrected chi connectivity index (χ4v) is 3.11. The maximum Gasteiger partial charge on any atom is 0.293 e. The van der Waals surface area contributed by atoms with Crippen molar-refractivity contribution >= 4 is 29.0 Å². The Morgan fingerprint density at radius 3 is 2.79 bits per heavy atom. The van der Waals surface area contributed by atoms with Crippen molar-refractivity contribution in [2.75, 3.05) is 6.54 Å². The zero-order valence-electron chi connectivity index (χ0n) is 12.6. The Hall–Kier alpha value is -3.04. The molecule has 0 radical (unpaired) electrons. The lowest BCUT2D eigenvalue weighted by atomic mass is 10.1. The van der Waals surface area contributed by atoms with Crippen molar-refractivity contribution in [3.8, 4) is 17.4 Å². The smallest absolute Gasteiger partial charge is 0.293 e. The second-order valence-corrected chi connectivity index (χ2v) is 5.93. The van der Waals surface area contributed by atoms with Gasteiger partial charge < -0.3 is 4.42 Å². The average molecular weight is 336 g/mol.